The number of hydrogen-bond acceptors (Lipinski definition) is 9. The summed E-state index contributed by atoms with van der Waals surface area (Å²) in [5.74, 6) is -2.70. The number of carbonyl (C=O) groups excluding carboxylic acids is 3. The molecule has 2 aliphatic heterocycles. The van der Waals surface area contributed by atoms with Gasteiger partial charge in [-0.05, 0) is 29.3 Å². The van der Waals surface area contributed by atoms with E-state index in [0.717, 1.165) is 21.6 Å². The molecule has 4 heterocycles. The Labute approximate surface area is 220 Å². The smallest absolute Gasteiger partial charge is 0.414 e. The number of ether oxygens (including phenoxy) is 2. The first-order valence-electron chi connectivity index (χ1n) is 12.0. The number of cyclic esters (lactones) is 1. The highest BCUT2D eigenvalue weighted by Crippen LogP contribution is 2.32. The van der Waals surface area contributed by atoms with Crippen LogP contribution in [0.2, 0.25) is 0 Å². The van der Waals surface area contributed by atoms with Gasteiger partial charge in [0.2, 0.25) is 5.91 Å². The summed E-state index contributed by atoms with van der Waals surface area (Å²) in [6.07, 6.45) is 3.56. The molecule has 204 valence electrons. The topological polar surface area (TPSA) is 140 Å². The number of carbonyl (C=O) groups is 3. The Morgan fingerprint density at radius 1 is 1.26 bits per heavy atom. The third kappa shape index (κ3) is 5.65. The second-order valence-corrected chi connectivity index (χ2v) is 8.90. The Morgan fingerprint density at radius 3 is 2.69 bits per heavy atom. The third-order valence-electron chi connectivity index (χ3n) is 6.33. The largest absolute Gasteiger partial charge is 0.471 e. The highest BCUT2D eigenvalue weighted by molar-refractivity contribution is 5.90. The van der Waals surface area contributed by atoms with E-state index in [9.17, 15) is 19.5 Å². The maximum atomic E-state index is 15.1. The van der Waals surface area contributed by atoms with Gasteiger partial charge in [-0.25, -0.2) is 18.6 Å². The van der Waals surface area contributed by atoms with Gasteiger partial charge in [-0.15, -0.1) is 0 Å². The normalized spacial score (nSPS) is 18.1. The lowest BCUT2D eigenvalue weighted by atomic mass is 9.97. The van der Waals surface area contributed by atoms with Crippen molar-refractivity contribution in [3.63, 3.8) is 0 Å². The number of imidazole rings is 1. The molecule has 39 heavy (non-hydrogen) atoms. The molecule has 14 heteroatoms. The molecular formula is C25H23F2N5O7. The molecular weight excluding hydrogens is 520 g/mol. The molecule has 0 saturated carbocycles. The predicted octanol–water partition coefficient (Wildman–Crippen LogP) is 2.26. The van der Waals surface area contributed by atoms with E-state index >= 15 is 8.78 Å². The van der Waals surface area contributed by atoms with Gasteiger partial charge in [0.1, 0.15) is 36.9 Å². The van der Waals surface area contributed by atoms with Gasteiger partial charge in [-0.3, -0.25) is 19.1 Å². The van der Waals surface area contributed by atoms with Crippen molar-refractivity contribution in [1.82, 2.24) is 19.6 Å². The molecule has 1 fully saturated rings. The van der Waals surface area contributed by atoms with Gasteiger partial charge >= 0.3 is 6.09 Å². The standard InChI is InChI=1S/C25H23F2N5O7/c26-18-9-16(32-12-17(39-25(32)36)13-37-21-3-8-38-29-21)10-19(27)23(18)15-1-5-30(6-2-15)24(35)20(33)11-22(34)31-7-4-28-14-31/h1,3-4,7-10,14,17,20,33H,2,5-6,11-13H2/t17-,20-/m1/s1. The highest BCUT2D eigenvalue weighted by Gasteiger charge is 2.34. The number of benzene rings is 1. The van der Waals surface area contributed by atoms with Crippen LogP contribution >= 0.6 is 0 Å². The van der Waals surface area contributed by atoms with Gasteiger partial charge in [-0.1, -0.05) is 6.08 Å². The van der Waals surface area contributed by atoms with E-state index < -0.39 is 48.2 Å². The number of rotatable bonds is 8. The van der Waals surface area contributed by atoms with Crippen molar-refractivity contribution in [2.45, 2.75) is 25.0 Å². The number of halogens is 2. The number of aliphatic hydroxyl groups excluding tert-OH is 1. The zero-order chi connectivity index (χ0) is 27.5. The molecule has 0 aliphatic carbocycles. The van der Waals surface area contributed by atoms with Gasteiger partial charge in [-0.2, -0.15) is 0 Å². The minimum Gasteiger partial charge on any atom is -0.471 e. The Morgan fingerprint density at radius 2 is 2.05 bits per heavy atom. The first kappa shape index (κ1) is 26.0. The first-order valence-corrected chi connectivity index (χ1v) is 12.0. The number of nitrogens with zero attached hydrogens (tertiary/aromatic N) is 5. The van der Waals surface area contributed by atoms with E-state index in [1.165, 1.54) is 42.0 Å². The summed E-state index contributed by atoms with van der Waals surface area (Å²) >= 11 is 0. The van der Waals surface area contributed by atoms with Crippen LogP contribution in [0.4, 0.5) is 19.3 Å². The van der Waals surface area contributed by atoms with Gasteiger partial charge in [0.15, 0.2) is 6.10 Å². The summed E-state index contributed by atoms with van der Waals surface area (Å²) in [7, 11) is 0. The molecule has 1 saturated heterocycles. The molecule has 12 nitrogen and oxygen atoms in total. The Balaban J connectivity index is 1.21. The van der Waals surface area contributed by atoms with Crippen LogP contribution in [0.5, 0.6) is 5.88 Å². The molecule has 0 radical (unpaired) electrons. The molecule has 0 bridgehead atoms. The Kier molecular flexibility index (Phi) is 7.36. The van der Waals surface area contributed by atoms with Crippen molar-refractivity contribution in [2.75, 3.05) is 31.1 Å². The fourth-order valence-corrected chi connectivity index (χ4v) is 4.37. The van der Waals surface area contributed by atoms with Crippen molar-refractivity contribution in [3.05, 3.63) is 66.5 Å². The van der Waals surface area contributed by atoms with E-state index in [1.807, 2.05) is 0 Å². The van der Waals surface area contributed by atoms with Gasteiger partial charge in [0, 0.05) is 37.1 Å². The number of hydrogen-bond donors (Lipinski definition) is 1. The molecule has 2 amide bonds. The van der Waals surface area contributed by atoms with Gasteiger partial charge in [0.25, 0.3) is 11.8 Å². The lowest BCUT2D eigenvalue weighted by Crippen LogP contribution is -2.42. The van der Waals surface area contributed by atoms with Crippen LogP contribution < -0.4 is 9.64 Å². The van der Waals surface area contributed by atoms with Crippen LogP contribution in [-0.4, -0.2) is 81.1 Å². The molecule has 2 aliphatic rings. The number of aliphatic hydroxyl groups is 1. The molecule has 5 rings (SSSR count). The van der Waals surface area contributed by atoms with E-state index in [4.69, 9.17) is 9.47 Å². The fraction of sp³-hybridized carbons (Fsp3) is 0.320. The zero-order valence-electron chi connectivity index (χ0n) is 20.4. The Hall–Kier alpha value is -4.59. The number of anilines is 1. The molecule has 0 spiro atoms. The summed E-state index contributed by atoms with van der Waals surface area (Å²) in [5, 5.41) is 13.8. The molecule has 0 unspecified atom stereocenters. The summed E-state index contributed by atoms with van der Waals surface area (Å²) in [5.41, 5.74) is 0.0641. The van der Waals surface area contributed by atoms with Crippen molar-refractivity contribution in [3.8, 4) is 5.88 Å². The summed E-state index contributed by atoms with van der Waals surface area (Å²) in [6, 6.07) is 3.58. The van der Waals surface area contributed by atoms with E-state index in [1.54, 1.807) is 0 Å². The van der Waals surface area contributed by atoms with Crippen LogP contribution in [0.1, 0.15) is 23.2 Å². The van der Waals surface area contributed by atoms with E-state index in [2.05, 4.69) is 14.7 Å². The SMILES string of the molecule is O=C([C@H](O)CC(=O)n1ccnc1)N1CC=C(c2c(F)cc(N3C[C@H](COc4ccon4)OC3=O)cc2F)CC1. The molecule has 3 aromatic rings. The minimum absolute atomic E-state index is 0.00320. The summed E-state index contributed by atoms with van der Waals surface area (Å²) in [4.78, 5) is 43.2. The second-order valence-electron chi connectivity index (χ2n) is 8.90. The molecule has 2 aromatic heterocycles. The van der Waals surface area contributed by atoms with Crippen LogP contribution in [0.25, 0.3) is 5.57 Å². The van der Waals surface area contributed by atoms with Gasteiger partial charge in [0.05, 0.1) is 18.7 Å². The quantitative estimate of drug-likeness (QED) is 0.453. The Bertz CT molecular complexity index is 1370. The fourth-order valence-electron chi connectivity index (χ4n) is 4.37. The lowest BCUT2D eigenvalue weighted by molar-refractivity contribution is -0.139. The van der Waals surface area contributed by atoms with Crippen molar-refractivity contribution in [2.24, 2.45) is 0 Å². The molecule has 2 atom stereocenters. The van der Waals surface area contributed by atoms with Gasteiger partial charge < -0.3 is 24.0 Å². The van der Waals surface area contributed by atoms with Crippen molar-refractivity contribution < 1.29 is 42.3 Å². The van der Waals surface area contributed by atoms with Crippen LogP contribution in [-0.2, 0) is 9.53 Å². The average Bonchev–Trinajstić information content (AvgIpc) is 3.69. The predicted molar refractivity (Wildman–Crippen MR) is 129 cm³/mol. The monoisotopic (exact) mass is 543 g/mol. The van der Waals surface area contributed by atoms with Crippen molar-refractivity contribution >= 4 is 29.2 Å². The van der Waals surface area contributed by atoms with E-state index in [0.29, 0.717) is 5.57 Å². The zero-order valence-corrected chi connectivity index (χ0v) is 20.4. The second kappa shape index (κ2) is 11.0. The highest BCUT2D eigenvalue weighted by atomic mass is 19.1. The number of amides is 2. The average molecular weight is 543 g/mol. The maximum Gasteiger partial charge on any atom is 0.414 e. The third-order valence-corrected chi connectivity index (χ3v) is 6.33. The maximum absolute atomic E-state index is 15.1. The molecule has 1 aromatic carbocycles. The minimum atomic E-state index is -1.56. The van der Waals surface area contributed by atoms with Crippen LogP contribution in [0, 0.1) is 11.6 Å². The summed E-state index contributed by atoms with van der Waals surface area (Å²) in [6.45, 7) is 0.0801. The van der Waals surface area contributed by atoms with Crippen LogP contribution in [0.3, 0.4) is 0 Å². The first-order chi connectivity index (χ1) is 18.8. The van der Waals surface area contributed by atoms with Crippen molar-refractivity contribution in [1.29, 1.82) is 0 Å². The van der Waals surface area contributed by atoms with E-state index in [-0.39, 0.29) is 49.8 Å². The summed E-state index contributed by atoms with van der Waals surface area (Å²) < 4.78 is 46.6. The van der Waals surface area contributed by atoms with Crippen LogP contribution in [0.15, 0.2) is 53.8 Å². The molecule has 1 N–H and O–H groups in total. The number of aromatic nitrogens is 3. The lowest BCUT2D eigenvalue weighted by Gasteiger charge is -2.28.